The van der Waals surface area contributed by atoms with Crippen LogP contribution in [0.25, 0.3) is 0 Å². The second-order valence-electron chi connectivity index (χ2n) is 3.59. The van der Waals surface area contributed by atoms with Crippen LogP contribution in [0.2, 0.25) is 0 Å². The lowest BCUT2D eigenvalue weighted by atomic mass is 10.2. The Hall–Kier alpha value is -1.32. The van der Waals surface area contributed by atoms with Gasteiger partial charge in [-0.25, -0.2) is 0 Å². The molecule has 0 bridgehead atoms. The van der Waals surface area contributed by atoms with Crippen molar-refractivity contribution >= 4 is 5.91 Å². The van der Waals surface area contributed by atoms with E-state index in [0.29, 0.717) is 5.69 Å². The highest BCUT2D eigenvalue weighted by molar-refractivity contribution is 5.92. The minimum absolute atomic E-state index is 0.000602. The number of hydrogen-bond donors (Lipinski definition) is 0. The first-order chi connectivity index (χ1) is 6.88. The SMILES string of the molecule is O=C(c1ccon1)N1CCCCCC1. The molecule has 1 fully saturated rings. The van der Waals surface area contributed by atoms with E-state index in [0.717, 1.165) is 25.9 Å². The van der Waals surface area contributed by atoms with Crippen LogP contribution in [0, 0.1) is 0 Å². The lowest BCUT2D eigenvalue weighted by Gasteiger charge is -2.18. The zero-order chi connectivity index (χ0) is 9.80. The molecule has 1 aliphatic heterocycles. The largest absolute Gasteiger partial charge is 0.364 e. The summed E-state index contributed by atoms with van der Waals surface area (Å²) < 4.78 is 4.66. The lowest BCUT2D eigenvalue weighted by molar-refractivity contribution is 0.0751. The molecule has 0 spiro atoms. The fourth-order valence-corrected chi connectivity index (χ4v) is 1.76. The van der Waals surface area contributed by atoms with E-state index >= 15 is 0 Å². The van der Waals surface area contributed by atoms with Crippen LogP contribution in [0.3, 0.4) is 0 Å². The molecule has 4 heteroatoms. The molecule has 76 valence electrons. The Balaban J connectivity index is 2.03. The zero-order valence-corrected chi connectivity index (χ0v) is 8.11. The fourth-order valence-electron chi connectivity index (χ4n) is 1.76. The number of likely N-dealkylation sites (tertiary alicyclic amines) is 1. The van der Waals surface area contributed by atoms with Gasteiger partial charge in [0.1, 0.15) is 6.26 Å². The summed E-state index contributed by atoms with van der Waals surface area (Å²) in [6.07, 6.45) is 6.09. The molecular weight excluding hydrogens is 180 g/mol. The molecule has 2 rings (SSSR count). The van der Waals surface area contributed by atoms with Crippen molar-refractivity contribution in [1.82, 2.24) is 10.1 Å². The standard InChI is InChI=1S/C10H14N2O2/c13-10(9-5-8-14-11-9)12-6-3-1-2-4-7-12/h5,8H,1-4,6-7H2. The van der Waals surface area contributed by atoms with Gasteiger partial charge in [-0.1, -0.05) is 18.0 Å². The Labute approximate surface area is 82.9 Å². The van der Waals surface area contributed by atoms with E-state index < -0.39 is 0 Å². The topological polar surface area (TPSA) is 46.3 Å². The smallest absolute Gasteiger partial charge is 0.276 e. The molecular formula is C10H14N2O2. The number of amides is 1. The minimum Gasteiger partial charge on any atom is -0.364 e. The molecule has 0 radical (unpaired) electrons. The monoisotopic (exact) mass is 194 g/mol. The van der Waals surface area contributed by atoms with Gasteiger partial charge in [-0.3, -0.25) is 4.79 Å². The third-order valence-electron chi connectivity index (χ3n) is 2.55. The summed E-state index contributed by atoms with van der Waals surface area (Å²) in [4.78, 5) is 13.7. The molecule has 0 N–H and O–H groups in total. The van der Waals surface area contributed by atoms with Gasteiger partial charge >= 0.3 is 0 Å². The van der Waals surface area contributed by atoms with Gasteiger partial charge in [-0.2, -0.15) is 0 Å². The van der Waals surface area contributed by atoms with Gasteiger partial charge in [-0.15, -0.1) is 0 Å². The average Bonchev–Trinajstić information content (AvgIpc) is 2.59. The van der Waals surface area contributed by atoms with Gasteiger partial charge in [-0.05, 0) is 12.8 Å². The molecule has 2 heterocycles. The lowest BCUT2D eigenvalue weighted by Crippen LogP contribution is -2.31. The van der Waals surface area contributed by atoms with Crippen LogP contribution in [-0.2, 0) is 0 Å². The van der Waals surface area contributed by atoms with Crippen LogP contribution in [0.15, 0.2) is 16.9 Å². The van der Waals surface area contributed by atoms with Gasteiger partial charge in [0.15, 0.2) is 5.69 Å². The molecule has 14 heavy (non-hydrogen) atoms. The van der Waals surface area contributed by atoms with Gasteiger partial charge in [0.05, 0.1) is 0 Å². The first-order valence-corrected chi connectivity index (χ1v) is 5.07. The summed E-state index contributed by atoms with van der Waals surface area (Å²) in [6.45, 7) is 1.71. The summed E-state index contributed by atoms with van der Waals surface area (Å²) in [5.74, 6) is 0.000602. The van der Waals surface area contributed by atoms with Gasteiger partial charge < -0.3 is 9.42 Å². The second-order valence-corrected chi connectivity index (χ2v) is 3.59. The quantitative estimate of drug-likeness (QED) is 0.683. The first kappa shape index (κ1) is 9.24. The Morgan fingerprint density at radius 1 is 1.29 bits per heavy atom. The van der Waals surface area contributed by atoms with E-state index in [1.54, 1.807) is 6.07 Å². The van der Waals surface area contributed by atoms with E-state index in [9.17, 15) is 4.79 Å². The normalized spacial score (nSPS) is 17.9. The average molecular weight is 194 g/mol. The summed E-state index contributed by atoms with van der Waals surface area (Å²) in [6, 6.07) is 1.62. The maximum absolute atomic E-state index is 11.8. The van der Waals surface area contributed by atoms with Crippen molar-refractivity contribution < 1.29 is 9.32 Å². The van der Waals surface area contributed by atoms with Crippen LogP contribution < -0.4 is 0 Å². The molecule has 1 aromatic heterocycles. The number of aromatic nitrogens is 1. The van der Waals surface area contributed by atoms with Crippen LogP contribution >= 0.6 is 0 Å². The summed E-state index contributed by atoms with van der Waals surface area (Å²) in [7, 11) is 0. The zero-order valence-electron chi connectivity index (χ0n) is 8.11. The molecule has 1 aliphatic rings. The predicted molar refractivity (Wildman–Crippen MR) is 50.9 cm³/mol. The Bertz CT molecular complexity index is 287. The van der Waals surface area contributed by atoms with Crippen molar-refractivity contribution in [2.75, 3.05) is 13.1 Å². The van der Waals surface area contributed by atoms with E-state index in [1.807, 2.05) is 4.90 Å². The highest BCUT2D eigenvalue weighted by Crippen LogP contribution is 2.12. The molecule has 4 nitrogen and oxygen atoms in total. The van der Waals surface area contributed by atoms with E-state index in [-0.39, 0.29) is 5.91 Å². The highest BCUT2D eigenvalue weighted by atomic mass is 16.5. The third-order valence-corrected chi connectivity index (χ3v) is 2.55. The number of carbonyl (C=O) groups excluding carboxylic acids is 1. The van der Waals surface area contributed by atoms with Gasteiger partial charge in [0.25, 0.3) is 5.91 Å². The first-order valence-electron chi connectivity index (χ1n) is 5.07. The van der Waals surface area contributed by atoms with Crippen LogP contribution in [0.5, 0.6) is 0 Å². The van der Waals surface area contributed by atoms with Crippen LogP contribution in [0.1, 0.15) is 36.2 Å². The van der Waals surface area contributed by atoms with E-state index in [2.05, 4.69) is 9.68 Å². The fraction of sp³-hybridized carbons (Fsp3) is 0.600. The Kier molecular flexibility index (Phi) is 2.81. The Morgan fingerprint density at radius 3 is 2.57 bits per heavy atom. The maximum atomic E-state index is 11.8. The van der Waals surface area contributed by atoms with Gasteiger partial charge in [0, 0.05) is 19.2 Å². The molecule has 0 unspecified atom stereocenters. The molecule has 1 aromatic rings. The van der Waals surface area contributed by atoms with E-state index in [4.69, 9.17) is 0 Å². The van der Waals surface area contributed by atoms with Crippen LogP contribution in [-0.4, -0.2) is 29.1 Å². The molecule has 0 atom stereocenters. The van der Waals surface area contributed by atoms with Crippen molar-refractivity contribution in [3.8, 4) is 0 Å². The van der Waals surface area contributed by atoms with Crippen molar-refractivity contribution in [3.63, 3.8) is 0 Å². The van der Waals surface area contributed by atoms with Crippen molar-refractivity contribution in [2.24, 2.45) is 0 Å². The van der Waals surface area contributed by atoms with Crippen molar-refractivity contribution in [2.45, 2.75) is 25.7 Å². The van der Waals surface area contributed by atoms with E-state index in [1.165, 1.54) is 19.1 Å². The minimum atomic E-state index is 0.000602. The maximum Gasteiger partial charge on any atom is 0.276 e. The molecule has 1 amide bonds. The summed E-state index contributed by atoms with van der Waals surface area (Å²) in [5, 5.41) is 3.66. The van der Waals surface area contributed by atoms with Gasteiger partial charge in [0.2, 0.25) is 0 Å². The second kappa shape index (κ2) is 4.26. The van der Waals surface area contributed by atoms with Crippen molar-refractivity contribution in [3.05, 3.63) is 18.0 Å². The highest BCUT2D eigenvalue weighted by Gasteiger charge is 2.18. The molecule has 0 aromatic carbocycles. The molecule has 1 saturated heterocycles. The number of hydrogen-bond acceptors (Lipinski definition) is 3. The number of carbonyl (C=O) groups is 1. The number of rotatable bonds is 1. The molecule has 0 aliphatic carbocycles. The number of nitrogens with zero attached hydrogens (tertiary/aromatic N) is 2. The van der Waals surface area contributed by atoms with Crippen molar-refractivity contribution in [1.29, 1.82) is 0 Å². The Morgan fingerprint density at radius 2 is 2.00 bits per heavy atom. The third kappa shape index (κ3) is 1.95. The summed E-state index contributed by atoms with van der Waals surface area (Å²) in [5.41, 5.74) is 0.423. The molecule has 0 saturated carbocycles. The van der Waals surface area contributed by atoms with Crippen LogP contribution in [0.4, 0.5) is 0 Å². The summed E-state index contributed by atoms with van der Waals surface area (Å²) >= 11 is 0. The predicted octanol–water partition coefficient (Wildman–Crippen LogP) is 1.69.